The van der Waals surface area contributed by atoms with Crippen LogP contribution in [0.5, 0.6) is 0 Å². The smallest absolute Gasteiger partial charge is 0.254 e. The number of likely N-dealkylation sites (tertiary alicyclic amines) is 1. The van der Waals surface area contributed by atoms with Gasteiger partial charge in [-0.25, -0.2) is 4.98 Å². The van der Waals surface area contributed by atoms with E-state index in [-0.39, 0.29) is 5.91 Å². The summed E-state index contributed by atoms with van der Waals surface area (Å²) in [5, 5.41) is 7.52. The molecule has 25 heavy (non-hydrogen) atoms. The fourth-order valence-electron chi connectivity index (χ4n) is 4.52. The largest absolute Gasteiger partial charge is 0.334 e. The maximum Gasteiger partial charge on any atom is 0.254 e. The van der Waals surface area contributed by atoms with Gasteiger partial charge in [-0.05, 0) is 49.3 Å². The molecule has 1 aliphatic heterocycles. The number of hydrogen-bond acceptors (Lipinski definition) is 4. The Morgan fingerprint density at radius 1 is 1.28 bits per heavy atom. The van der Waals surface area contributed by atoms with Crippen LogP contribution in [-0.4, -0.2) is 38.6 Å². The summed E-state index contributed by atoms with van der Waals surface area (Å²) >= 11 is 1.61. The van der Waals surface area contributed by atoms with Crippen LogP contribution in [0.1, 0.15) is 48.0 Å². The van der Waals surface area contributed by atoms with Crippen molar-refractivity contribution in [2.24, 2.45) is 11.3 Å². The van der Waals surface area contributed by atoms with Crippen LogP contribution in [-0.2, 0) is 5.75 Å². The van der Waals surface area contributed by atoms with Crippen LogP contribution in [0.4, 0.5) is 0 Å². The van der Waals surface area contributed by atoms with E-state index in [0.717, 1.165) is 28.9 Å². The first-order valence-electron chi connectivity index (χ1n) is 9.13. The summed E-state index contributed by atoms with van der Waals surface area (Å²) in [5.74, 6) is 1.82. The molecular weight excluding hydrogens is 332 g/mol. The van der Waals surface area contributed by atoms with E-state index in [9.17, 15) is 4.79 Å². The highest BCUT2D eigenvalue weighted by molar-refractivity contribution is 7.98. The van der Waals surface area contributed by atoms with Gasteiger partial charge in [0.2, 0.25) is 0 Å². The SMILES string of the molecule is O=C(c1ccc(CSc2ncn[nH]2)cc1)N1CC2(CCC2)[C@H]1C1CC1. The lowest BCUT2D eigenvalue weighted by molar-refractivity contribution is -0.111. The highest BCUT2D eigenvalue weighted by atomic mass is 32.2. The molecule has 0 radical (unpaired) electrons. The highest BCUT2D eigenvalue weighted by Gasteiger charge is 2.61. The number of carbonyl (C=O) groups is 1. The van der Waals surface area contributed by atoms with Gasteiger partial charge in [0.15, 0.2) is 5.16 Å². The Bertz CT molecular complexity index is 765. The molecular formula is C19H22N4OS. The Labute approximate surface area is 151 Å². The minimum absolute atomic E-state index is 0.226. The number of carbonyl (C=O) groups excluding carboxylic acids is 1. The summed E-state index contributed by atoms with van der Waals surface area (Å²) in [6.07, 6.45) is 8.15. The van der Waals surface area contributed by atoms with Crippen LogP contribution in [0.25, 0.3) is 0 Å². The van der Waals surface area contributed by atoms with Gasteiger partial charge in [-0.1, -0.05) is 30.3 Å². The molecule has 1 amide bonds. The van der Waals surface area contributed by atoms with Gasteiger partial charge in [-0.3, -0.25) is 9.89 Å². The molecule has 2 aliphatic carbocycles. The summed E-state index contributed by atoms with van der Waals surface area (Å²) in [7, 11) is 0. The molecule has 1 spiro atoms. The van der Waals surface area contributed by atoms with Gasteiger partial charge in [-0.2, -0.15) is 5.10 Å². The van der Waals surface area contributed by atoms with E-state index < -0.39 is 0 Å². The number of aromatic amines is 1. The molecule has 2 saturated carbocycles. The molecule has 5 rings (SSSR count). The number of thioether (sulfide) groups is 1. The van der Waals surface area contributed by atoms with Gasteiger partial charge < -0.3 is 4.90 Å². The van der Waals surface area contributed by atoms with Crippen LogP contribution >= 0.6 is 11.8 Å². The summed E-state index contributed by atoms with van der Waals surface area (Å²) in [6, 6.07) is 8.60. The number of H-pyrrole nitrogens is 1. The summed E-state index contributed by atoms with van der Waals surface area (Å²) in [4.78, 5) is 19.2. The monoisotopic (exact) mass is 354 g/mol. The number of benzene rings is 1. The summed E-state index contributed by atoms with van der Waals surface area (Å²) < 4.78 is 0. The van der Waals surface area contributed by atoms with Gasteiger partial charge in [0.05, 0.1) is 0 Å². The maximum atomic E-state index is 13.0. The van der Waals surface area contributed by atoms with E-state index in [2.05, 4.69) is 32.2 Å². The van der Waals surface area contributed by atoms with Crippen molar-refractivity contribution in [1.29, 1.82) is 0 Å². The number of amides is 1. The van der Waals surface area contributed by atoms with Crippen LogP contribution in [0.15, 0.2) is 35.7 Å². The van der Waals surface area contributed by atoms with Crippen molar-refractivity contribution in [2.75, 3.05) is 6.54 Å². The molecule has 2 aromatic rings. The van der Waals surface area contributed by atoms with Crippen LogP contribution < -0.4 is 0 Å². The third kappa shape index (κ3) is 2.67. The third-order valence-corrected chi connectivity index (χ3v) is 7.04. The van der Waals surface area contributed by atoms with Gasteiger partial charge in [-0.15, -0.1) is 0 Å². The molecule has 3 aliphatic rings. The summed E-state index contributed by atoms with van der Waals surface area (Å²) in [6.45, 7) is 0.982. The second-order valence-electron chi connectivity index (χ2n) is 7.71. The molecule has 6 heteroatoms. The molecule has 1 aromatic carbocycles. The standard InChI is InChI=1S/C19H22N4OS/c24-17(23-11-19(8-1-9-19)16(23)14-6-7-14)15-4-2-13(3-5-15)10-25-18-20-12-21-22-18/h2-5,12,14,16H,1,6-11H2,(H,20,21,22)/t16-/m1/s1. The first kappa shape index (κ1) is 15.4. The van der Waals surface area contributed by atoms with Gasteiger partial charge in [0.25, 0.3) is 5.91 Å². The van der Waals surface area contributed by atoms with Gasteiger partial charge >= 0.3 is 0 Å². The average Bonchev–Trinajstić information content (AvgIpc) is 3.23. The van der Waals surface area contributed by atoms with Crippen molar-refractivity contribution in [3.63, 3.8) is 0 Å². The lowest BCUT2D eigenvalue weighted by Crippen LogP contribution is -2.69. The van der Waals surface area contributed by atoms with E-state index in [4.69, 9.17) is 0 Å². The number of rotatable bonds is 5. The number of hydrogen-bond donors (Lipinski definition) is 1. The Morgan fingerprint density at radius 3 is 2.68 bits per heavy atom. The van der Waals surface area contributed by atoms with E-state index in [1.54, 1.807) is 11.8 Å². The number of aromatic nitrogens is 3. The highest BCUT2D eigenvalue weighted by Crippen LogP contribution is 2.59. The van der Waals surface area contributed by atoms with Crippen molar-refractivity contribution in [3.8, 4) is 0 Å². The fraction of sp³-hybridized carbons (Fsp3) is 0.526. The van der Waals surface area contributed by atoms with E-state index in [1.165, 1.54) is 44.0 Å². The molecule has 0 bridgehead atoms. The molecule has 1 aromatic heterocycles. The Balaban J connectivity index is 1.25. The molecule has 1 saturated heterocycles. The molecule has 130 valence electrons. The zero-order chi connectivity index (χ0) is 16.9. The predicted molar refractivity (Wildman–Crippen MR) is 96.2 cm³/mol. The van der Waals surface area contributed by atoms with Crippen LogP contribution in [0, 0.1) is 11.3 Å². The zero-order valence-corrected chi connectivity index (χ0v) is 15.0. The Hall–Kier alpha value is -1.82. The number of nitrogens with zero attached hydrogens (tertiary/aromatic N) is 3. The van der Waals surface area contributed by atoms with Crippen LogP contribution in [0.2, 0.25) is 0 Å². The van der Waals surface area contributed by atoms with Crippen molar-refractivity contribution in [3.05, 3.63) is 41.7 Å². The molecule has 1 N–H and O–H groups in total. The lowest BCUT2D eigenvalue weighted by Gasteiger charge is -2.63. The first-order valence-corrected chi connectivity index (χ1v) is 10.1. The average molecular weight is 354 g/mol. The van der Waals surface area contributed by atoms with E-state index in [1.807, 2.05) is 12.1 Å². The normalized spacial score (nSPS) is 24.0. The molecule has 2 heterocycles. The van der Waals surface area contributed by atoms with Crippen molar-refractivity contribution in [1.82, 2.24) is 20.1 Å². The Kier molecular flexibility index (Phi) is 3.62. The van der Waals surface area contributed by atoms with Crippen molar-refractivity contribution < 1.29 is 4.79 Å². The van der Waals surface area contributed by atoms with Crippen molar-refractivity contribution in [2.45, 2.75) is 49.1 Å². The first-order chi connectivity index (χ1) is 12.3. The van der Waals surface area contributed by atoms with Crippen molar-refractivity contribution >= 4 is 17.7 Å². The molecule has 5 nitrogen and oxygen atoms in total. The lowest BCUT2D eigenvalue weighted by atomic mass is 9.56. The Morgan fingerprint density at radius 2 is 2.08 bits per heavy atom. The van der Waals surface area contributed by atoms with Gasteiger partial charge in [0, 0.05) is 29.3 Å². The second kappa shape index (κ2) is 5.87. The maximum absolute atomic E-state index is 13.0. The van der Waals surface area contributed by atoms with E-state index >= 15 is 0 Å². The second-order valence-corrected chi connectivity index (χ2v) is 8.67. The summed E-state index contributed by atoms with van der Waals surface area (Å²) in [5.41, 5.74) is 2.51. The molecule has 1 atom stereocenters. The minimum atomic E-state index is 0.226. The van der Waals surface area contributed by atoms with Crippen LogP contribution in [0.3, 0.4) is 0 Å². The predicted octanol–water partition coefficient (Wildman–Crippen LogP) is 3.50. The molecule has 3 fully saturated rings. The topological polar surface area (TPSA) is 61.9 Å². The number of nitrogens with one attached hydrogen (secondary N) is 1. The van der Waals surface area contributed by atoms with E-state index in [0.29, 0.717) is 11.5 Å². The quantitative estimate of drug-likeness (QED) is 0.835. The molecule has 0 unspecified atom stereocenters. The van der Waals surface area contributed by atoms with Gasteiger partial charge in [0.1, 0.15) is 6.33 Å². The zero-order valence-electron chi connectivity index (χ0n) is 14.1. The fourth-order valence-corrected chi connectivity index (χ4v) is 5.26. The minimum Gasteiger partial charge on any atom is -0.334 e. The third-order valence-electron chi connectivity index (χ3n) is 6.10.